The molecule has 0 bridgehead atoms. The van der Waals surface area contributed by atoms with Gasteiger partial charge in [-0.15, -0.1) is 0 Å². The van der Waals surface area contributed by atoms with E-state index in [1.54, 1.807) is 60.3 Å². The monoisotopic (exact) mass is 478 g/mol. The minimum absolute atomic E-state index is 0.00260. The van der Waals surface area contributed by atoms with E-state index in [4.69, 9.17) is 26.7 Å². The number of ether oxygens (including phenoxy) is 2. The van der Waals surface area contributed by atoms with Crippen LogP contribution in [0, 0.1) is 0 Å². The number of sulfone groups is 1. The topological polar surface area (TPSA) is 160 Å². The Bertz CT molecular complexity index is 1050. The summed E-state index contributed by atoms with van der Waals surface area (Å²) in [5.74, 6) is 1.85. The van der Waals surface area contributed by atoms with Crippen molar-refractivity contribution in [3.8, 4) is 17.2 Å². The van der Waals surface area contributed by atoms with Crippen LogP contribution in [-0.2, 0) is 14.6 Å². The van der Waals surface area contributed by atoms with Gasteiger partial charge in [-0.1, -0.05) is 0 Å². The quantitative estimate of drug-likeness (QED) is 0.109. The summed E-state index contributed by atoms with van der Waals surface area (Å²) in [4.78, 5) is 16.2. The summed E-state index contributed by atoms with van der Waals surface area (Å²) in [5, 5.41) is 0.211. The molecule has 2 aromatic rings. The van der Waals surface area contributed by atoms with Gasteiger partial charge in [0.15, 0.2) is 15.8 Å². The summed E-state index contributed by atoms with van der Waals surface area (Å²) in [6.07, 6.45) is 0.947. The molecule has 11 heteroatoms. The molecule has 3 rings (SSSR count). The second-order valence-corrected chi connectivity index (χ2v) is 10.6. The van der Waals surface area contributed by atoms with Gasteiger partial charge >= 0.3 is 5.97 Å². The average Bonchev–Trinajstić information content (AvgIpc) is 3.56. The van der Waals surface area contributed by atoms with Crippen LogP contribution in [0.4, 0.5) is 0 Å². The Labute approximate surface area is 191 Å². The first-order chi connectivity index (χ1) is 15.2. The zero-order chi connectivity index (χ0) is 23.1. The number of thioether (sulfide) groups is 1. The molecule has 1 heterocycles. The molecule has 1 unspecified atom stereocenters. The van der Waals surface area contributed by atoms with E-state index in [0.717, 1.165) is 5.75 Å². The lowest BCUT2D eigenvalue weighted by atomic mass is 10.2. The number of carbonyl (C=O) groups is 1. The van der Waals surface area contributed by atoms with Gasteiger partial charge in [0, 0.05) is 17.5 Å². The molecule has 172 valence electrons. The van der Waals surface area contributed by atoms with Crippen molar-refractivity contribution >= 4 is 33.5 Å². The van der Waals surface area contributed by atoms with Crippen molar-refractivity contribution in [3.63, 3.8) is 0 Å². The fourth-order valence-electron chi connectivity index (χ4n) is 2.76. The smallest absolute Gasteiger partial charge is 0.328 e. The van der Waals surface area contributed by atoms with Crippen LogP contribution in [0.25, 0.3) is 0 Å². The van der Waals surface area contributed by atoms with Crippen LogP contribution in [0.2, 0.25) is 0 Å². The Kier molecular flexibility index (Phi) is 7.99. The van der Waals surface area contributed by atoms with Crippen LogP contribution in [-0.4, -0.2) is 49.7 Å². The Morgan fingerprint density at radius 3 is 2.19 bits per heavy atom. The SMILES string of the molecule is NC(N)=NCCC[C@H](N)C(=O)Oc1ccc(Oc2ccc(S(=O)(=O)CC3CS3)cc2)cc1. The molecule has 1 saturated heterocycles. The van der Waals surface area contributed by atoms with Gasteiger partial charge in [-0.3, -0.25) is 4.99 Å². The van der Waals surface area contributed by atoms with Crippen LogP contribution in [0.15, 0.2) is 58.4 Å². The van der Waals surface area contributed by atoms with Crippen LogP contribution in [0.3, 0.4) is 0 Å². The molecular formula is C21H26N4O5S2. The summed E-state index contributed by atoms with van der Waals surface area (Å²) in [6, 6.07) is 12.0. The van der Waals surface area contributed by atoms with Crippen molar-refractivity contribution in [2.75, 3.05) is 18.1 Å². The number of guanidine groups is 1. The molecule has 2 atom stereocenters. The molecule has 1 aliphatic heterocycles. The van der Waals surface area contributed by atoms with Gasteiger partial charge in [0.05, 0.1) is 10.6 Å². The number of esters is 1. The summed E-state index contributed by atoms with van der Waals surface area (Å²) >= 11 is 1.65. The second-order valence-electron chi connectivity index (χ2n) is 7.26. The molecule has 0 saturated carbocycles. The fourth-order valence-corrected chi connectivity index (χ4v) is 5.44. The Balaban J connectivity index is 1.50. The van der Waals surface area contributed by atoms with Crippen molar-refractivity contribution in [1.82, 2.24) is 0 Å². The predicted octanol–water partition coefficient (Wildman–Crippen LogP) is 1.65. The zero-order valence-electron chi connectivity index (χ0n) is 17.3. The second kappa shape index (κ2) is 10.7. The van der Waals surface area contributed by atoms with E-state index in [0.29, 0.717) is 36.6 Å². The highest BCUT2D eigenvalue weighted by molar-refractivity contribution is 8.08. The van der Waals surface area contributed by atoms with Gasteiger partial charge < -0.3 is 26.7 Å². The molecule has 6 N–H and O–H groups in total. The minimum atomic E-state index is -3.27. The molecule has 0 aromatic heterocycles. The van der Waals surface area contributed by atoms with Crippen molar-refractivity contribution in [3.05, 3.63) is 48.5 Å². The predicted molar refractivity (Wildman–Crippen MR) is 125 cm³/mol. The zero-order valence-corrected chi connectivity index (χ0v) is 19.0. The van der Waals surface area contributed by atoms with E-state index >= 15 is 0 Å². The maximum Gasteiger partial charge on any atom is 0.328 e. The van der Waals surface area contributed by atoms with Gasteiger partial charge in [0.25, 0.3) is 0 Å². The molecule has 1 fully saturated rings. The molecule has 9 nitrogen and oxygen atoms in total. The van der Waals surface area contributed by atoms with Crippen LogP contribution in [0.1, 0.15) is 12.8 Å². The van der Waals surface area contributed by atoms with E-state index in [1.165, 1.54) is 0 Å². The van der Waals surface area contributed by atoms with Gasteiger partial charge in [-0.05, 0) is 61.4 Å². The maximum absolute atomic E-state index is 12.3. The maximum atomic E-state index is 12.3. The number of benzene rings is 2. The summed E-state index contributed by atoms with van der Waals surface area (Å²) < 4.78 is 35.6. The number of carbonyl (C=O) groups excluding carboxylic acids is 1. The minimum Gasteiger partial charge on any atom is -0.457 e. The Morgan fingerprint density at radius 2 is 1.62 bits per heavy atom. The Hall–Kier alpha value is -2.76. The normalized spacial score (nSPS) is 16.1. The molecular weight excluding hydrogens is 452 g/mol. The third-order valence-electron chi connectivity index (χ3n) is 4.54. The van der Waals surface area contributed by atoms with E-state index in [-0.39, 0.29) is 21.9 Å². The van der Waals surface area contributed by atoms with E-state index in [2.05, 4.69) is 4.99 Å². The van der Waals surface area contributed by atoms with E-state index in [9.17, 15) is 13.2 Å². The van der Waals surface area contributed by atoms with Crippen LogP contribution >= 0.6 is 11.8 Å². The lowest BCUT2D eigenvalue weighted by Crippen LogP contribution is -2.34. The standard InChI is InChI=1S/C21H26N4O5S2/c22-19(2-1-11-25-21(23)24)20(26)30-16-5-3-14(4-6-16)29-15-7-9-18(10-8-15)32(27,28)13-17-12-31-17/h3-10,17,19H,1-2,11-13,22H2,(H4,23,24,25)/t17?,19-/m0/s1. The number of hydrogen-bond donors (Lipinski definition) is 3. The van der Waals surface area contributed by atoms with E-state index < -0.39 is 21.8 Å². The molecule has 0 spiro atoms. The van der Waals surface area contributed by atoms with Gasteiger partial charge in [-0.2, -0.15) is 11.8 Å². The first-order valence-corrected chi connectivity index (χ1v) is 12.7. The molecule has 2 aromatic carbocycles. The van der Waals surface area contributed by atoms with Gasteiger partial charge in [0.1, 0.15) is 23.3 Å². The number of aliphatic imine (C=N–C) groups is 1. The molecule has 32 heavy (non-hydrogen) atoms. The number of hydrogen-bond acceptors (Lipinski definition) is 8. The number of rotatable bonds is 11. The first kappa shape index (κ1) is 23.9. The lowest BCUT2D eigenvalue weighted by molar-refractivity contribution is -0.136. The van der Waals surface area contributed by atoms with Gasteiger partial charge in [-0.25, -0.2) is 13.2 Å². The summed E-state index contributed by atoms with van der Waals surface area (Å²) in [5.41, 5.74) is 16.3. The fraction of sp³-hybridized carbons (Fsp3) is 0.333. The van der Waals surface area contributed by atoms with E-state index in [1.807, 2.05) is 0 Å². The highest BCUT2D eigenvalue weighted by Crippen LogP contribution is 2.33. The highest BCUT2D eigenvalue weighted by atomic mass is 32.2. The molecule has 0 amide bonds. The van der Waals surface area contributed by atoms with Crippen molar-refractivity contribution < 1.29 is 22.7 Å². The third kappa shape index (κ3) is 7.43. The lowest BCUT2D eigenvalue weighted by Gasteiger charge is -2.11. The first-order valence-electron chi connectivity index (χ1n) is 9.98. The van der Waals surface area contributed by atoms with Gasteiger partial charge in [0.2, 0.25) is 0 Å². The number of nitrogens with two attached hydrogens (primary N) is 3. The van der Waals surface area contributed by atoms with Crippen LogP contribution in [0.5, 0.6) is 17.2 Å². The third-order valence-corrected chi connectivity index (χ3v) is 7.55. The largest absolute Gasteiger partial charge is 0.457 e. The van der Waals surface area contributed by atoms with Crippen LogP contribution < -0.4 is 26.7 Å². The summed E-state index contributed by atoms with van der Waals surface area (Å²) in [7, 11) is -3.27. The van der Waals surface area contributed by atoms with Crippen molar-refractivity contribution in [2.45, 2.75) is 29.0 Å². The number of nitrogens with zero attached hydrogens (tertiary/aromatic N) is 1. The highest BCUT2D eigenvalue weighted by Gasteiger charge is 2.29. The van der Waals surface area contributed by atoms with Crippen molar-refractivity contribution in [2.24, 2.45) is 22.2 Å². The molecule has 0 aliphatic carbocycles. The summed E-state index contributed by atoms with van der Waals surface area (Å²) in [6.45, 7) is 0.391. The molecule has 1 aliphatic rings. The average molecular weight is 479 g/mol. The van der Waals surface area contributed by atoms with Crippen molar-refractivity contribution in [1.29, 1.82) is 0 Å². The Morgan fingerprint density at radius 1 is 1.06 bits per heavy atom. The molecule has 0 radical (unpaired) electrons.